The minimum Gasteiger partial charge on any atom is -0.461 e. The SMILES string of the molecule is CCOC(=O)c1[nH]c(C=O)c(Br)c1I. The summed E-state index contributed by atoms with van der Waals surface area (Å²) in [6, 6.07) is 0. The van der Waals surface area contributed by atoms with Gasteiger partial charge in [-0.25, -0.2) is 4.79 Å². The molecule has 76 valence electrons. The molecule has 1 rings (SSSR count). The number of carbonyl (C=O) groups is 2. The number of aromatic nitrogens is 1. The Bertz CT molecular complexity index is 375. The molecule has 0 atom stereocenters. The van der Waals surface area contributed by atoms with Crippen molar-refractivity contribution < 1.29 is 14.3 Å². The number of hydrogen-bond donors (Lipinski definition) is 1. The molecule has 0 radical (unpaired) electrons. The Morgan fingerprint density at radius 2 is 2.36 bits per heavy atom. The molecule has 1 heterocycles. The van der Waals surface area contributed by atoms with E-state index in [-0.39, 0.29) is 0 Å². The van der Waals surface area contributed by atoms with Crippen LogP contribution in [0.2, 0.25) is 0 Å². The number of halogens is 2. The topological polar surface area (TPSA) is 59.2 Å². The van der Waals surface area contributed by atoms with Gasteiger partial charge in [0.05, 0.1) is 20.3 Å². The minimum absolute atomic E-state index is 0.307. The molecule has 1 N–H and O–H groups in total. The molecule has 0 aliphatic rings. The fourth-order valence-electron chi connectivity index (χ4n) is 0.897. The fourth-order valence-corrected chi connectivity index (χ4v) is 1.93. The summed E-state index contributed by atoms with van der Waals surface area (Å²) in [6.45, 7) is 2.03. The van der Waals surface area contributed by atoms with E-state index in [0.29, 0.717) is 32.3 Å². The zero-order valence-electron chi connectivity index (χ0n) is 7.27. The van der Waals surface area contributed by atoms with Gasteiger partial charge in [0.1, 0.15) is 5.69 Å². The minimum atomic E-state index is -0.453. The Morgan fingerprint density at radius 1 is 1.71 bits per heavy atom. The molecule has 0 aliphatic carbocycles. The summed E-state index contributed by atoms with van der Waals surface area (Å²) in [5.74, 6) is -0.453. The van der Waals surface area contributed by atoms with Crippen molar-refractivity contribution in [3.63, 3.8) is 0 Å². The van der Waals surface area contributed by atoms with Crippen LogP contribution in [0, 0.1) is 3.57 Å². The van der Waals surface area contributed by atoms with Gasteiger partial charge in [-0.05, 0) is 45.4 Å². The first-order valence-electron chi connectivity index (χ1n) is 3.81. The van der Waals surface area contributed by atoms with E-state index in [1.807, 2.05) is 22.6 Å². The second-order valence-electron chi connectivity index (χ2n) is 2.38. The lowest BCUT2D eigenvalue weighted by molar-refractivity contribution is 0.0519. The molecule has 14 heavy (non-hydrogen) atoms. The number of carbonyl (C=O) groups excluding carboxylic acids is 2. The second-order valence-corrected chi connectivity index (χ2v) is 4.25. The highest BCUT2D eigenvalue weighted by molar-refractivity contribution is 14.1. The van der Waals surface area contributed by atoms with Crippen molar-refractivity contribution in [1.29, 1.82) is 0 Å². The average Bonchev–Trinajstić information content (AvgIpc) is 2.44. The van der Waals surface area contributed by atoms with Crippen LogP contribution in [0.1, 0.15) is 27.9 Å². The van der Waals surface area contributed by atoms with Crippen LogP contribution in [0.4, 0.5) is 0 Å². The van der Waals surface area contributed by atoms with Crippen LogP contribution in [0.25, 0.3) is 0 Å². The van der Waals surface area contributed by atoms with Gasteiger partial charge < -0.3 is 9.72 Å². The highest BCUT2D eigenvalue weighted by atomic mass is 127. The van der Waals surface area contributed by atoms with Crippen LogP contribution in [0.15, 0.2) is 4.47 Å². The number of aldehydes is 1. The Morgan fingerprint density at radius 3 is 2.79 bits per heavy atom. The molecule has 0 saturated heterocycles. The van der Waals surface area contributed by atoms with Gasteiger partial charge in [-0.3, -0.25) is 4.79 Å². The maximum absolute atomic E-state index is 11.4. The van der Waals surface area contributed by atoms with Gasteiger partial charge in [0.25, 0.3) is 0 Å². The van der Waals surface area contributed by atoms with Gasteiger partial charge in [-0.1, -0.05) is 0 Å². The van der Waals surface area contributed by atoms with Crippen molar-refractivity contribution in [3.8, 4) is 0 Å². The maximum atomic E-state index is 11.4. The summed E-state index contributed by atoms with van der Waals surface area (Å²) in [4.78, 5) is 24.6. The normalized spacial score (nSPS) is 9.93. The van der Waals surface area contributed by atoms with E-state index in [1.54, 1.807) is 6.92 Å². The molecule has 6 heteroatoms. The summed E-state index contributed by atoms with van der Waals surface area (Å²) < 4.78 is 6.06. The van der Waals surface area contributed by atoms with Gasteiger partial charge in [-0.2, -0.15) is 0 Å². The quantitative estimate of drug-likeness (QED) is 0.504. The Labute approximate surface area is 103 Å². The standard InChI is InChI=1S/C8H7BrINO3/c1-2-14-8(13)7-6(10)5(9)4(3-12)11-7/h3,11H,2H2,1H3. The molecule has 0 aromatic carbocycles. The Balaban J connectivity index is 3.10. The zero-order chi connectivity index (χ0) is 10.7. The summed E-state index contributed by atoms with van der Waals surface area (Å²) in [5.41, 5.74) is 0.652. The molecule has 0 bridgehead atoms. The highest BCUT2D eigenvalue weighted by Crippen LogP contribution is 2.26. The molecular weight excluding hydrogens is 365 g/mol. The third kappa shape index (κ3) is 2.17. The van der Waals surface area contributed by atoms with Gasteiger partial charge in [0.15, 0.2) is 6.29 Å². The lowest BCUT2D eigenvalue weighted by atomic mass is 10.4. The predicted octanol–water partition coefficient (Wildman–Crippen LogP) is 2.37. The number of esters is 1. The van der Waals surface area contributed by atoms with Crippen molar-refractivity contribution in [2.75, 3.05) is 6.61 Å². The van der Waals surface area contributed by atoms with Gasteiger partial charge in [0, 0.05) is 0 Å². The van der Waals surface area contributed by atoms with E-state index in [2.05, 4.69) is 20.9 Å². The van der Waals surface area contributed by atoms with E-state index in [4.69, 9.17) is 4.74 Å². The molecule has 0 spiro atoms. The largest absolute Gasteiger partial charge is 0.461 e. The fraction of sp³-hybridized carbons (Fsp3) is 0.250. The third-order valence-corrected chi connectivity index (χ3v) is 4.15. The van der Waals surface area contributed by atoms with E-state index < -0.39 is 5.97 Å². The lowest BCUT2D eigenvalue weighted by Gasteiger charge is -1.98. The predicted molar refractivity (Wildman–Crippen MR) is 62.6 cm³/mol. The number of nitrogens with one attached hydrogen (secondary N) is 1. The number of ether oxygens (including phenoxy) is 1. The molecule has 0 unspecified atom stereocenters. The smallest absolute Gasteiger partial charge is 0.355 e. The van der Waals surface area contributed by atoms with Crippen molar-refractivity contribution in [1.82, 2.24) is 4.98 Å². The van der Waals surface area contributed by atoms with Crippen LogP contribution in [-0.4, -0.2) is 23.8 Å². The third-order valence-electron chi connectivity index (χ3n) is 1.51. The van der Waals surface area contributed by atoms with Crippen LogP contribution >= 0.6 is 38.5 Å². The molecule has 0 saturated carbocycles. The van der Waals surface area contributed by atoms with Crippen molar-refractivity contribution in [2.45, 2.75) is 6.92 Å². The van der Waals surface area contributed by atoms with Gasteiger partial charge in [0.2, 0.25) is 0 Å². The van der Waals surface area contributed by atoms with E-state index in [9.17, 15) is 9.59 Å². The monoisotopic (exact) mass is 371 g/mol. The van der Waals surface area contributed by atoms with Gasteiger partial charge >= 0.3 is 5.97 Å². The van der Waals surface area contributed by atoms with E-state index in [1.165, 1.54) is 0 Å². The maximum Gasteiger partial charge on any atom is 0.355 e. The number of H-pyrrole nitrogens is 1. The van der Waals surface area contributed by atoms with E-state index >= 15 is 0 Å². The van der Waals surface area contributed by atoms with Crippen molar-refractivity contribution in [2.24, 2.45) is 0 Å². The zero-order valence-corrected chi connectivity index (χ0v) is 11.0. The van der Waals surface area contributed by atoms with E-state index in [0.717, 1.165) is 0 Å². The first kappa shape index (κ1) is 11.7. The number of hydrogen-bond acceptors (Lipinski definition) is 3. The molecule has 1 aromatic heterocycles. The Hall–Kier alpha value is -0.370. The first-order chi connectivity index (χ1) is 6.61. The molecular formula is C8H7BrINO3. The number of aromatic amines is 1. The number of rotatable bonds is 3. The summed E-state index contributed by atoms with van der Waals surface area (Å²) >= 11 is 5.17. The summed E-state index contributed by atoms with van der Waals surface area (Å²) in [5, 5.41) is 0. The summed E-state index contributed by atoms with van der Waals surface area (Å²) in [7, 11) is 0. The van der Waals surface area contributed by atoms with Crippen LogP contribution in [0.5, 0.6) is 0 Å². The van der Waals surface area contributed by atoms with Crippen LogP contribution in [0.3, 0.4) is 0 Å². The lowest BCUT2D eigenvalue weighted by Crippen LogP contribution is -2.06. The summed E-state index contributed by atoms with van der Waals surface area (Å²) in [6.07, 6.45) is 0.648. The highest BCUT2D eigenvalue weighted by Gasteiger charge is 2.19. The Kier molecular flexibility index (Phi) is 4.11. The first-order valence-corrected chi connectivity index (χ1v) is 5.68. The molecule has 1 aromatic rings. The van der Waals surface area contributed by atoms with Gasteiger partial charge in [-0.15, -0.1) is 0 Å². The molecule has 0 amide bonds. The molecule has 0 fully saturated rings. The molecule has 0 aliphatic heterocycles. The van der Waals surface area contributed by atoms with Crippen molar-refractivity contribution in [3.05, 3.63) is 19.4 Å². The second kappa shape index (κ2) is 4.92. The average molecular weight is 372 g/mol. The van der Waals surface area contributed by atoms with Crippen LogP contribution in [-0.2, 0) is 4.74 Å². The molecule has 4 nitrogen and oxygen atoms in total. The van der Waals surface area contributed by atoms with Crippen molar-refractivity contribution >= 4 is 50.8 Å². The van der Waals surface area contributed by atoms with Crippen LogP contribution < -0.4 is 0 Å².